The molecule has 1 aliphatic heterocycles. The van der Waals surface area contributed by atoms with Gasteiger partial charge in [0.1, 0.15) is 6.61 Å². The van der Waals surface area contributed by atoms with E-state index in [0.29, 0.717) is 0 Å². The summed E-state index contributed by atoms with van der Waals surface area (Å²) in [6.07, 6.45) is 0. The first-order valence-electron chi connectivity index (χ1n) is 2.29. The van der Waals surface area contributed by atoms with E-state index < -0.39 is 17.1 Å². The predicted molar refractivity (Wildman–Crippen MR) is 31.3 cm³/mol. The van der Waals surface area contributed by atoms with Crippen LogP contribution in [-0.2, 0) is 14.3 Å². The van der Waals surface area contributed by atoms with E-state index >= 15 is 0 Å². The molecule has 1 rings (SSSR count). The smallest absolute Gasteiger partial charge is 0.333 e. The van der Waals surface area contributed by atoms with Crippen LogP contribution in [0.1, 0.15) is 0 Å². The molecule has 0 N–H and O–H groups in total. The van der Waals surface area contributed by atoms with Crippen LogP contribution in [0.25, 0.3) is 0 Å². The average molecular weight is 171 g/mol. The first kappa shape index (κ1) is 7.12. The third-order valence-electron chi connectivity index (χ3n) is 0.810. The largest absolute Gasteiger partial charge is 0.440 e. The Morgan fingerprint density at radius 1 is 1.44 bits per heavy atom. The van der Waals surface area contributed by atoms with Gasteiger partial charge in [-0.3, -0.25) is 0 Å². The maximum atomic E-state index is 10.3. The number of alkyl halides is 2. The van der Waals surface area contributed by atoms with Crippen molar-refractivity contribution in [2.24, 2.45) is 0 Å². The lowest BCUT2D eigenvalue weighted by atomic mass is 10.6. The summed E-state index contributed by atoms with van der Waals surface area (Å²) in [5.41, 5.74) is -1.57. The van der Waals surface area contributed by atoms with Gasteiger partial charge in [0.25, 0.3) is 0 Å². The fraction of sp³-hybridized carbons (Fsp3) is 0.750. The van der Waals surface area contributed by atoms with E-state index in [1.807, 2.05) is 0 Å². The molecular formula is C4H4Cl2O3. The van der Waals surface area contributed by atoms with Crippen molar-refractivity contribution in [3.05, 3.63) is 0 Å². The minimum absolute atomic E-state index is 0.114. The third-order valence-corrected chi connectivity index (χ3v) is 1.61. The Kier molecular flexibility index (Phi) is 2.16. The lowest BCUT2D eigenvalue weighted by molar-refractivity contribution is -0.166. The molecule has 0 amide bonds. The fourth-order valence-corrected chi connectivity index (χ4v) is 0.723. The minimum atomic E-state index is -0.854. The van der Waals surface area contributed by atoms with Crippen LogP contribution in [0.15, 0.2) is 0 Å². The van der Waals surface area contributed by atoms with E-state index in [2.05, 4.69) is 9.47 Å². The molecule has 2 unspecified atom stereocenters. The summed E-state index contributed by atoms with van der Waals surface area (Å²) in [7, 11) is 0. The summed E-state index contributed by atoms with van der Waals surface area (Å²) in [4.78, 5) is 10.3. The van der Waals surface area contributed by atoms with Crippen LogP contribution >= 0.6 is 23.2 Å². The number of esters is 1. The van der Waals surface area contributed by atoms with Crippen molar-refractivity contribution in [2.75, 3.05) is 6.61 Å². The molecule has 0 aliphatic carbocycles. The van der Waals surface area contributed by atoms with Gasteiger partial charge in [-0.15, -0.1) is 0 Å². The van der Waals surface area contributed by atoms with Gasteiger partial charge in [0.15, 0.2) is 5.56 Å². The standard InChI is InChI=1S/C4H4Cl2O3/c5-3-4(6)9-2(7)1-8-3/h3-4H,1H2. The summed E-state index contributed by atoms with van der Waals surface area (Å²) in [6, 6.07) is 0. The number of halogens is 2. The van der Waals surface area contributed by atoms with Crippen molar-refractivity contribution in [2.45, 2.75) is 11.1 Å². The number of carbonyl (C=O) groups excluding carboxylic acids is 1. The molecule has 1 fully saturated rings. The molecule has 3 nitrogen and oxygen atoms in total. The third kappa shape index (κ3) is 1.71. The molecule has 0 aromatic rings. The molecule has 5 heteroatoms. The molecule has 0 radical (unpaired) electrons. The van der Waals surface area contributed by atoms with Crippen LogP contribution < -0.4 is 0 Å². The number of hydrogen-bond donors (Lipinski definition) is 0. The monoisotopic (exact) mass is 170 g/mol. The molecule has 0 bridgehead atoms. The summed E-state index contributed by atoms with van der Waals surface area (Å²) in [5, 5.41) is 0. The quantitative estimate of drug-likeness (QED) is 0.397. The van der Waals surface area contributed by atoms with E-state index in [0.717, 1.165) is 0 Å². The molecule has 2 atom stereocenters. The second kappa shape index (κ2) is 2.73. The number of ether oxygens (including phenoxy) is 2. The van der Waals surface area contributed by atoms with Crippen molar-refractivity contribution >= 4 is 29.2 Å². The Morgan fingerprint density at radius 3 is 2.56 bits per heavy atom. The van der Waals surface area contributed by atoms with E-state index in [1.165, 1.54) is 0 Å². The highest BCUT2D eigenvalue weighted by molar-refractivity contribution is 6.29. The molecule has 1 aliphatic rings. The van der Waals surface area contributed by atoms with Gasteiger partial charge in [0, 0.05) is 0 Å². The highest BCUT2D eigenvalue weighted by atomic mass is 35.5. The van der Waals surface area contributed by atoms with Gasteiger partial charge in [-0.25, -0.2) is 4.79 Å². The van der Waals surface area contributed by atoms with Crippen LogP contribution in [0.4, 0.5) is 0 Å². The van der Waals surface area contributed by atoms with Gasteiger partial charge in [-0.1, -0.05) is 23.2 Å². The first-order chi connectivity index (χ1) is 4.20. The zero-order valence-corrected chi connectivity index (χ0v) is 5.85. The number of carbonyl (C=O) groups is 1. The zero-order chi connectivity index (χ0) is 6.85. The fourth-order valence-electron chi connectivity index (χ4n) is 0.436. The summed E-state index contributed by atoms with van der Waals surface area (Å²) in [5.74, 6) is -0.480. The van der Waals surface area contributed by atoms with Crippen LogP contribution in [0.2, 0.25) is 0 Å². The number of rotatable bonds is 0. The average Bonchev–Trinajstić information content (AvgIpc) is 1.80. The Hall–Kier alpha value is 0.01000. The van der Waals surface area contributed by atoms with E-state index in [-0.39, 0.29) is 6.61 Å². The second-order valence-electron chi connectivity index (χ2n) is 1.50. The molecular weight excluding hydrogens is 167 g/mol. The first-order valence-corrected chi connectivity index (χ1v) is 3.16. The molecule has 9 heavy (non-hydrogen) atoms. The normalized spacial score (nSPS) is 36.0. The van der Waals surface area contributed by atoms with Gasteiger partial charge in [0.05, 0.1) is 0 Å². The van der Waals surface area contributed by atoms with E-state index in [1.54, 1.807) is 0 Å². The molecule has 0 aromatic carbocycles. The Balaban J connectivity index is 2.44. The summed E-state index contributed by atoms with van der Waals surface area (Å²) < 4.78 is 9.13. The lowest BCUT2D eigenvalue weighted by Gasteiger charge is -2.21. The number of cyclic esters (lactones) is 1. The summed E-state index contributed by atoms with van der Waals surface area (Å²) in [6.45, 7) is -0.114. The lowest BCUT2D eigenvalue weighted by Crippen LogP contribution is -2.34. The summed E-state index contributed by atoms with van der Waals surface area (Å²) >= 11 is 10.8. The van der Waals surface area contributed by atoms with Crippen LogP contribution in [0.3, 0.4) is 0 Å². The van der Waals surface area contributed by atoms with Crippen molar-refractivity contribution in [1.82, 2.24) is 0 Å². The van der Waals surface area contributed by atoms with Gasteiger partial charge in [-0.2, -0.15) is 0 Å². The molecule has 1 heterocycles. The van der Waals surface area contributed by atoms with Gasteiger partial charge < -0.3 is 9.47 Å². The van der Waals surface area contributed by atoms with Gasteiger partial charge in [0.2, 0.25) is 5.56 Å². The van der Waals surface area contributed by atoms with Crippen LogP contribution in [0, 0.1) is 0 Å². The Bertz CT molecular complexity index is 127. The molecule has 0 spiro atoms. The second-order valence-corrected chi connectivity index (χ2v) is 2.36. The van der Waals surface area contributed by atoms with Crippen molar-refractivity contribution < 1.29 is 14.3 Å². The maximum Gasteiger partial charge on any atom is 0.333 e. The van der Waals surface area contributed by atoms with Gasteiger partial charge in [-0.05, 0) is 0 Å². The molecule has 0 saturated carbocycles. The van der Waals surface area contributed by atoms with Crippen molar-refractivity contribution in [1.29, 1.82) is 0 Å². The van der Waals surface area contributed by atoms with Crippen molar-refractivity contribution in [3.63, 3.8) is 0 Å². The Labute approximate surface area is 61.8 Å². The molecule has 0 aromatic heterocycles. The van der Waals surface area contributed by atoms with Gasteiger partial charge >= 0.3 is 5.97 Å². The highest BCUT2D eigenvalue weighted by Gasteiger charge is 2.27. The topological polar surface area (TPSA) is 35.5 Å². The molecule has 1 saturated heterocycles. The van der Waals surface area contributed by atoms with E-state index in [9.17, 15) is 4.79 Å². The molecule has 52 valence electrons. The maximum absolute atomic E-state index is 10.3. The van der Waals surface area contributed by atoms with Crippen molar-refractivity contribution in [3.8, 4) is 0 Å². The predicted octanol–water partition coefficient (Wildman–Crippen LogP) is 0.690. The van der Waals surface area contributed by atoms with Crippen LogP contribution in [0.5, 0.6) is 0 Å². The van der Waals surface area contributed by atoms with E-state index in [4.69, 9.17) is 23.2 Å². The SMILES string of the molecule is O=C1COC(Cl)C(Cl)O1. The Morgan fingerprint density at radius 2 is 2.11 bits per heavy atom. The zero-order valence-electron chi connectivity index (χ0n) is 4.34. The number of hydrogen-bond acceptors (Lipinski definition) is 3. The highest BCUT2D eigenvalue weighted by Crippen LogP contribution is 2.17. The minimum Gasteiger partial charge on any atom is -0.440 e. The van der Waals surface area contributed by atoms with Crippen LogP contribution in [-0.4, -0.2) is 23.7 Å².